The molecule has 0 aliphatic carbocycles. The van der Waals surface area contributed by atoms with Gasteiger partial charge >= 0.3 is 0 Å². The third kappa shape index (κ3) is 3.39. The SMILES string of the molecule is NCc1ccc(C(=O)Nc2cc(Br)ccc2F)cc1. The molecule has 0 atom stereocenters. The van der Waals surface area contributed by atoms with E-state index in [4.69, 9.17) is 5.73 Å². The van der Waals surface area contributed by atoms with E-state index in [0.29, 0.717) is 16.6 Å². The number of benzene rings is 2. The zero-order valence-electron chi connectivity index (χ0n) is 9.99. The van der Waals surface area contributed by atoms with Gasteiger partial charge in [-0.3, -0.25) is 4.79 Å². The van der Waals surface area contributed by atoms with Crippen LogP contribution in [-0.4, -0.2) is 5.91 Å². The van der Waals surface area contributed by atoms with Crippen molar-refractivity contribution < 1.29 is 9.18 Å². The highest BCUT2D eigenvalue weighted by atomic mass is 79.9. The molecule has 0 aliphatic heterocycles. The van der Waals surface area contributed by atoms with Crippen molar-refractivity contribution in [3.8, 4) is 0 Å². The smallest absolute Gasteiger partial charge is 0.255 e. The van der Waals surface area contributed by atoms with Gasteiger partial charge in [0.15, 0.2) is 0 Å². The number of anilines is 1. The molecule has 1 amide bonds. The maximum absolute atomic E-state index is 13.5. The molecule has 98 valence electrons. The third-order valence-electron chi connectivity index (χ3n) is 2.63. The maximum Gasteiger partial charge on any atom is 0.255 e. The van der Waals surface area contributed by atoms with Gasteiger partial charge in [-0.2, -0.15) is 0 Å². The molecular formula is C14H12BrFN2O. The van der Waals surface area contributed by atoms with Crippen molar-refractivity contribution in [3.63, 3.8) is 0 Å². The molecule has 0 saturated carbocycles. The van der Waals surface area contributed by atoms with E-state index in [9.17, 15) is 9.18 Å². The summed E-state index contributed by atoms with van der Waals surface area (Å²) >= 11 is 3.23. The molecule has 0 aliphatic rings. The second-order valence-electron chi connectivity index (χ2n) is 3.98. The van der Waals surface area contributed by atoms with Gasteiger partial charge in [0.05, 0.1) is 5.69 Å². The fourth-order valence-corrected chi connectivity index (χ4v) is 1.94. The van der Waals surface area contributed by atoms with Crippen molar-refractivity contribution in [1.29, 1.82) is 0 Å². The predicted molar refractivity (Wildman–Crippen MR) is 76.4 cm³/mol. The van der Waals surface area contributed by atoms with E-state index in [2.05, 4.69) is 21.2 Å². The van der Waals surface area contributed by atoms with Crippen LogP contribution >= 0.6 is 15.9 Å². The van der Waals surface area contributed by atoms with Gasteiger partial charge in [0.25, 0.3) is 5.91 Å². The van der Waals surface area contributed by atoms with Crippen LogP contribution in [0.4, 0.5) is 10.1 Å². The lowest BCUT2D eigenvalue weighted by Crippen LogP contribution is -2.13. The lowest BCUT2D eigenvalue weighted by molar-refractivity contribution is 0.102. The molecule has 0 unspecified atom stereocenters. The number of halogens is 2. The van der Waals surface area contributed by atoms with Crippen molar-refractivity contribution in [2.45, 2.75) is 6.54 Å². The number of nitrogens with two attached hydrogens (primary N) is 1. The Morgan fingerprint density at radius 3 is 2.53 bits per heavy atom. The van der Waals surface area contributed by atoms with Gasteiger partial charge in [0.2, 0.25) is 0 Å². The summed E-state index contributed by atoms with van der Waals surface area (Å²) in [5.41, 5.74) is 7.01. The number of carbonyl (C=O) groups excluding carboxylic acids is 1. The van der Waals surface area contributed by atoms with Gasteiger partial charge in [-0.25, -0.2) is 4.39 Å². The molecule has 2 aromatic rings. The third-order valence-corrected chi connectivity index (χ3v) is 3.12. The second kappa shape index (κ2) is 5.95. The highest BCUT2D eigenvalue weighted by Gasteiger charge is 2.09. The Bertz CT molecular complexity index is 599. The summed E-state index contributed by atoms with van der Waals surface area (Å²) in [7, 11) is 0. The number of nitrogens with one attached hydrogen (secondary N) is 1. The van der Waals surface area contributed by atoms with E-state index >= 15 is 0 Å². The molecule has 0 saturated heterocycles. The Hall–Kier alpha value is -1.72. The highest BCUT2D eigenvalue weighted by molar-refractivity contribution is 9.10. The maximum atomic E-state index is 13.5. The van der Waals surface area contributed by atoms with Crippen LogP contribution in [0.15, 0.2) is 46.9 Å². The van der Waals surface area contributed by atoms with E-state index in [-0.39, 0.29) is 11.6 Å². The Morgan fingerprint density at radius 1 is 1.21 bits per heavy atom. The van der Waals surface area contributed by atoms with E-state index in [1.165, 1.54) is 12.1 Å². The first kappa shape index (κ1) is 13.7. The average Bonchev–Trinajstić information content (AvgIpc) is 2.43. The summed E-state index contributed by atoms with van der Waals surface area (Å²) in [4.78, 5) is 12.0. The number of hydrogen-bond acceptors (Lipinski definition) is 2. The molecule has 5 heteroatoms. The summed E-state index contributed by atoms with van der Waals surface area (Å²) in [5, 5.41) is 2.53. The number of amides is 1. The largest absolute Gasteiger partial charge is 0.326 e. The number of carbonyl (C=O) groups is 1. The van der Waals surface area contributed by atoms with E-state index in [0.717, 1.165) is 5.56 Å². The lowest BCUT2D eigenvalue weighted by atomic mass is 10.1. The first-order chi connectivity index (χ1) is 9.10. The quantitative estimate of drug-likeness (QED) is 0.911. The fourth-order valence-electron chi connectivity index (χ4n) is 1.58. The minimum atomic E-state index is -0.477. The van der Waals surface area contributed by atoms with Crippen LogP contribution in [0.1, 0.15) is 15.9 Å². The molecule has 0 spiro atoms. The van der Waals surface area contributed by atoms with Gasteiger partial charge in [-0.15, -0.1) is 0 Å². The van der Waals surface area contributed by atoms with Gasteiger partial charge in [0, 0.05) is 16.6 Å². The standard InChI is InChI=1S/C14H12BrFN2O/c15-11-5-6-12(16)13(7-11)18-14(19)10-3-1-9(8-17)2-4-10/h1-7H,8,17H2,(H,18,19). The zero-order chi connectivity index (χ0) is 13.8. The Labute approximate surface area is 118 Å². The Morgan fingerprint density at radius 2 is 1.89 bits per heavy atom. The predicted octanol–water partition coefficient (Wildman–Crippen LogP) is 3.30. The molecule has 2 aromatic carbocycles. The van der Waals surface area contributed by atoms with E-state index in [1.807, 2.05) is 0 Å². The molecule has 0 bridgehead atoms. The van der Waals surface area contributed by atoms with Crippen LogP contribution in [0.3, 0.4) is 0 Å². The molecule has 19 heavy (non-hydrogen) atoms. The summed E-state index contributed by atoms with van der Waals surface area (Å²) in [6.07, 6.45) is 0. The normalized spacial score (nSPS) is 10.3. The first-order valence-corrected chi connectivity index (χ1v) is 6.45. The summed E-state index contributed by atoms with van der Waals surface area (Å²) in [6, 6.07) is 11.2. The minimum Gasteiger partial charge on any atom is -0.326 e. The van der Waals surface area contributed by atoms with Crippen LogP contribution in [0.25, 0.3) is 0 Å². The molecule has 0 heterocycles. The Balaban J connectivity index is 2.18. The van der Waals surface area contributed by atoms with Crippen molar-refractivity contribution in [2.75, 3.05) is 5.32 Å². The van der Waals surface area contributed by atoms with Crippen molar-refractivity contribution in [3.05, 3.63) is 63.9 Å². The monoisotopic (exact) mass is 322 g/mol. The summed E-state index contributed by atoms with van der Waals surface area (Å²) < 4.78 is 14.2. The van der Waals surface area contributed by atoms with Crippen molar-refractivity contribution in [1.82, 2.24) is 0 Å². The van der Waals surface area contributed by atoms with Crippen LogP contribution in [0.5, 0.6) is 0 Å². The number of rotatable bonds is 3. The van der Waals surface area contributed by atoms with Crippen LogP contribution in [0, 0.1) is 5.82 Å². The second-order valence-corrected chi connectivity index (χ2v) is 4.90. The summed E-state index contributed by atoms with van der Waals surface area (Å²) in [5.74, 6) is -0.837. The van der Waals surface area contributed by atoms with Gasteiger partial charge in [-0.1, -0.05) is 28.1 Å². The molecule has 2 rings (SSSR count). The van der Waals surface area contributed by atoms with Crippen LogP contribution in [-0.2, 0) is 6.54 Å². The summed E-state index contributed by atoms with van der Waals surface area (Å²) in [6.45, 7) is 0.419. The van der Waals surface area contributed by atoms with Gasteiger partial charge in [0.1, 0.15) is 5.82 Å². The topological polar surface area (TPSA) is 55.1 Å². The van der Waals surface area contributed by atoms with E-state index in [1.54, 1.807) is 30.3 Å². The first-order valence-electron chi connectivity index (χ1n) is 5.65. The molecule has 3 N–H and O–H groups in total. The minimum absolute atomic E-state index is 0.141. The van der Waals surface area contributed by atoms with Crippen molar-refractivity contribution in [2.24, 2.45) is 5.73 Å². The molecule has 0 fully saturated rings. The highest BCUT2D eigenvalue weighted by Crippen LogP contribution is 2.20. The lowest BCUT2D eigenvalue weighted by Gasteiger charge is -2.07. The van der Waals surface area contributed by atoms with Gasteiger partial charge in [-0.05, 0) is 35.9 Å². The molecular weight excluding hydrogens is 311 g/mol. The van der Waals surface area contributed by atoms with Crippen LogP contribution in [0.2, 0.25) is 0 Å². The zero-order valence-corrected chi connectivity index (χ0v) is 11.6. The van der Waals surface area contributed by atoms with Crippen molar-refractivity contribution >= 4 is 27.5 Å². The van der Waals surface area contributed by atoms with Crippen LogP contribution < -0.4 is 11.1 Å². The molecule has 3 nitrogen and oxygen atoms in total. The fraction of sp³-hybridized carbons (Fsp3) is 0.0714. The molecule has 0 aromatic heterocycles. The molecule has 0 radical (unpaired) electrons. The Kier molecular flexibility index (Phi) is 4.29. The number of hydrogen-bond donors (Lipinski definition) is 2. The van der Waals surface area contributed by atoms with Gasteiger partial charge < -0.3 is 11.1 Å². The van der Waals surface area contributed by atoms with E-state index < -0.39 is 5.82 Å². The average molecular weight is 323 g/mol.